The van der Waals surface area contributed by atoms with E-state index in [-0.39, 0.29) is 0 Å². The minimum absolute atomic E-state index is 0.537. The van der Waals surface area contributed by atoms with E-state index in [0.29, 0.717) is 5.75 Å². The topological polar surface area (TPSA) is 36.0 Å². The van der Waals surface area contributed by atoms with Gasteiger partial charge in [-0.3, -0.25) is 4.98 Å². The summed E-state index contributed by atoms with van der Waals surface area (Å²) in [6.07, 6.45) is 5.30. The van der Waals surface area contributed by atoms with Crippen LogP contribution in [0.4, 0.5) is 0 Å². The molecule has 0 radical (unpaired) electrons. The second kappa shape index (κ2) is 6.73. The van der Waals surface area contributed by atoms with Crippen LogP contribution < -0.4 is 0 Å². The fraction of sp³-hybridized carbons (Fsp3) is 0.0714. The average molecular weight is 322 g/mol. The maximum atomic E-state index is 11.9. The molecule has 2 aromatic rings. The van der Waals surface area contributed by atoms with Gasteiger partial charge in [-0.25, -0.2) is 0 Å². The molecule has 1 atom stereocenters. The first-order chi connectivity index (χ1) is 8.74. The number of aromatic nitrogens is 1. The molecule has 2 rings (SSSR count). The molecule has 0 saturated heterocycles. The predicted molar refractivity (Wildman–Crippen MR) is 79.3 cm³/mol. The van der Waals surface area contributed by atoms with E-state index in [9.17, 15) is 4.55 Å². The van der Waals surface area contributed by atoms with E-state index in [2.05, 4.69) is 20.9 Å². The highest BCUT2D eigenvalue weighted by atomic mass is 79.9. The molecule has 4 heteroatoms. The predicted octanol–water partition coefficient (Wildman–Crippen LogP) is 3.76. The molecule has 0 saturated carbocycles. The number of halogens is 1. The third kappa shape index (κ3) is 4.29. The maximum absolute atomic E-state index is 11.9. The summed E-state index contributed by atoms with van der Waals surface area (Å²) in [5, 5.41) is 1.72. The lowest BCUT2D eigenvalue weighted by atomic mass is 10.2. The molecule has 92 valence electrons. The lowest BCUT2D eigenvalue weighted by molar-refractivity contribution is 0.603. The van der Waals surface area contributed by atoms with E-state index >= 15 is 0 Å². The van der Waals surface area contributed by atoms with Crippen molar-refractivity contribution in [3.63, 3.8) is 0 Å². The summed E-state index contributed by atoms with van der Waals surface area (Å²) in [7, 11) is 0. The standard InChI is InChI=1S/C14H12BrNOS/c15-14-3-1-13(2-4-14)11-18(17)10-7-12-5-8-16-9-6-12/h1-10H,11H2. The van der Waals surface area contributed by atoms with Gasteiger partial charge in [-0.05, 0) is 47.1 Å². The van der Waals surface area contributed by atoms with Gasteiger partial charge in [0.25, 0.3) is 0 Å². The molecule has 0 bridgehead atoms. The van der Waals surface area contributed by atoms with Gasteiger partial charge in [0, 0.05) is 22.4 Å². The molecule has 18 heavy (non-hydrogen) atoms. The summed E-state index contributed by atoms with van der Waals surface area (Å²) in [5.74, 6) is 0.537. The molecule has 0 aliphatic heterocycles. The molecule has 2 nitrogen and oxygen atoms in total. The largest absolute Gasteiger partial charge is 0.612 e. The van der Waals surface area contributed by atoms with Crippen molar-refractivity contribution in [2.45, 2.75) is 5.75 Å². The minimum atomic E-state index is -0.994. The first kappa shape index (κ1) is 13.3. The molecular weight excluding hydrogens is 310 g/mol. The molecule has 1 unspecified atom stereocenters. The zero-order valence-electron chi connectivity index (χ0n) is 9.62. The van der Waals surface area contributed by atoms with Crippen LogP contribution >= 0.6 is 15.9 Å². The summed E-state index contributed by atoms with van der Waals surface area (Å²) in [6, 6.07) is 11.6. The maximum Gasteiger partial charge on any atom is 0.135 e. The van der Waals surface area contributed by atoms with Crippen LogP contribution in [0.5, 0.6) is 0 Å². The number of rotatable bonds is 4. The molecule has 0 fully saturated rings. The highest BCUT2D eigenvalue weighted by molar-refractivity contribution is 9.10. The summed E-state index contributed by atoms with van der Waals surface area (Å²) in [6.45, 7) is 0. The Balaban J connectivity index is 1.94. The Morgan fingerprint density at radius 2 is 1.78 bits per heavy atom. The van der Waals surface area contributed by atoms with Crippen LogP contribution in [0.15, 0.2) is 58.7 Å². The fourth-order valence-electron chi connectivity index (χ4n) is 1.42. The molecule has 1 heterocycles. The first-order valence-corrected chi connectivity index (χ1v) is 7.61. The molecule has 1 aromatic carbocycles. The second-order valence-electron chi connectivity index (χ2n) is 3.73. The van der Waals surface area contributed by atoms with Crippen molar-refractivity contribution in [2.75, 3.05) is 0 Å². The van der Waals surface area contributed by atoms with Gasteiger partial charge >= 0.3 is 0 Å². The van der Waals surface area contributed by atoms with Crippen molar-refractivity contribution >= 4 is 33.2 Å². The zero-order chi connectivity index (χ0) is 12.8. The Morgan fingerprint density at radius 1 is 1.11 bits per heavy atom. The Labute approximate surface area is 118 Å². The van der Waals surface area contributed by atoms with Crippen molar-refractivity contribution in [1.29, 1.82) is 0 Å². The highest BCUT2D eigenvalue weighted by Gasteiger charge is 2.03. The second-order valence-corrected chi connectivity index (χ2v) is 5.97. The van der Waals surface area contributed by atoms with Gasteiger partial charge in [-0.1, -0.05) is 28.1 Å². The van der Waals surface area contributed by atoms with E-state index in [1.54, 1.807) is 17.8 Å². The molecule has 0 aliphatic carbocycles. The van der Waals surface area contributed by atoms with Gasteiger partial charge in [0.2, 0.25) is 0 Å². The van der Waals surface area contributed by atoms with Gasteiger partial charge < -0.3 is 4.55 Å². The molecule has 0 spiro atoms. The minimum Gasteiger partial charge on any atom is -0.612 e. The monoisotopic (exact) mass is 321 g/mol. The van der Waals surface area contributed by atoms with E-state index in [1.165, 1.54) is 0 Å². The number of nitrogens with zero attached hydrogens (tertiary/aromatic N) is 1. The van der Waals surface area contributed by atoms with Crippen LogP contribution in [0.25, 0.3) is 6.08 Å². The van der Waals surface area contributed by atoms with Crippen LogP contribution in [0.2, 0.25) is 0 Å². The lowest BCUT2D eigenvalue weighted by Crippen LogP contribution is -1.99. The zero-order valence-corrected chi connectivity index (χ0v) is 12.0. The molecule has 1 aromatic heterocycles. The van der Waals surface area contributed by atoms with Crippen LogP contribution in [0.3, 0.4) is 0 Å². The lowest BCUT2D eigenvalue weighted by Gasteiger charge is -2.05. The van der Waals surface area contributed by atoms with Crippen LogP contribution in [0, 0.1) is 0 Å². The quantitative estimate of drug-likeness (QED) is 0.804. The summed E-state index contributed by atoms with van der Waals surface area (Å²) < 4.78 is 12.9. The fourth-order valence-corrected chi connectivity index (χ4v) is 2.61. The Kier molecular flexibility index (Phi) is 4.99. The van der Waals surface area contributed by atoms with E-state index in [4.69, 9.17) is 0 Å². The van der Waals surface area contributed by atoms with Gasteiger partial charge in [-0.15, -0.1) is 0 Å². The van der Waals surface area contributed by atoms with Crippen LogP contribution in [-0.2, 0) is 16.9 Å². The number of pyridine rings is 1. The van der Waals surface area contributed by atoms with Crippen molar-refractivity contribution < 1.29 is 4.55 Å². The Bertz CT molecular complexity index is 513. The smallest absolute Gasteiger partial charge is 0.135 e. The normalized spacial score (nSPS) is 12.8. The molecular formula is C14H12BrNOS. The van der Waals surface area contributed by atoms with E-state index in [0.717, 1.165) is 15.6 Å². The van der Waals surface area contributed by atoms with Crippen LogP contribution in [0.1, 0.15) is 11.1 Å². The van der Waals surface area contributed by atoms with Gasteiger partial charge in [0.1, 0.15) is 11.2 Å². The highest BCUT2D eigenvalue weighted by Crippen LogP contribution is 2.14. The SMILES string of the molecule is [O-][S+](C=Cc1ccncc1)Cc1ccc(Br)cc1. The van der Waals surface area contributed by atoms with Gasteiger partial charge in [0.05, 0.1) is 0 Å². The molecule has 0 amide bonds. The van der Waals surface area contributed by atoms with Crippen molar-refractivity contribution in [1.82, 2.24) is 4.98 Å². The number of hydrogen-bond donors (Lipinski definition) is 0. The first-order valence-electron chi connectivity index (χ1n) is 5.44. The number of benzene rings is 1. The summed E-state index contributed by atoms with van der Waals surface area (Å²) >= 11 is 2.38. The number of hydrogen-bond acceptors (Lipinski definition) is 2. The van der Waals surface area contributed by atoms with Crippen molar-refractivity contribution in [2.24, 2.45) is 0 Å². The molecule has 0 N–H and O–H groups in total. The van der Waals surface area contributed by atoms with Crippen LogP contribution in [-0.4, -0.2) is 9.54 Å². The van der Waals surface area contributed by atoms with E-state index < -0.39 is 11.2 Å². The van der Waals surface area contributed by atoms with Gasteiger partial charge in [0.15, 0.2) is 0 Å². The third-order valence-corrected chi connectivity index (χ3v) is 3.93. The van der Waals surface area contributed by atoms with Gasteiger partial charge in [-0.2, -0.15) is 0 Å². The van der Waals surface area contributed by atoms with Crippen molar-refractivity contribution in [3.05, 3.63) is 69.8 Å². The van der Waals surface area contributed by atoms with E-state index in [1.807, 2.05) is 42.5 Å². The average Bonchev–Trinajstić information content (AvgIpc) is 2.40. The summed E-state index contributed by atoms with van der Waals surface area (Å²) in [5.41, 5.74) is 2.07. The Morgan fingerprint density at radius 3 is 2.44 bits per heavy atom. The third-order valence-electron chi connectivity index (χ3n) is 2.34. The molecule has 0 aliphatic rings. The summed E-state index contributed by atoms with van der Waals surface area (Å²) in [4.78, 5) is 3.93. The Hall–Kier alpha value is -1.10. The van der Waals surface area contributed by atoms with Crippen molar-refractivity contribution in [3.8, 4) is 0 Å².